The van der Waals surface area contributed by atoms with Gasteiger partial charge in [0.05, 0.1) is 25.2 Å². The van der Waals surface area contributed by atoms with Crippen molar-refractivity contribution < 1.29 is 14.3 Å². The largest absolute Gasteiger partial charge is 0.497 e. The fourth-order valence-electron chi connectivity index (χ4n) is 2.08. The molecule has 1 atom stereocenters. The smallest absolute Gasteiger partial charge is 0.253 e. The molecule has 134 valence electrons. The van der Waals surface area contributed by atoms with Crippen LogP contribution in [0.5, 0.6) is 11.5 Å². The van der Waals surface area contributed by atoms with Crippen LogP contribution in [0.1, 0.15) is 13.3 Å². The maximum Gasteiger partial charge on any atom is 0.253 e. The van der Waals surface area contributed by atoms with Crippen molar-refractivity contribution in [2.24, 2.45) is 0 Å². The lowest BCUT2D eigenvalue weighted by atomic mass is 10.2. The van der Waals surface area contributed by atoms with Gasteiger partial charge in [-0.05, 0) is 18.6 Å². The number of aromatic amines is 1. The van der Waals surface area contributed by atoms with Crippen LogP contribution < -0.4 is 26.1 Å². The molecule has 2 aromatic rings. The lowest BCUT2D eigenvalue weighted by molar-refractivity contribution is -0.115. The van der Waals surface area contributed by atoms with Crippen molar-refractivity contribution in [2.45, 2.75) is 23.8 Å². The second-order valence-electron chi connectivity index (χ2n) is 5.05. The molecule has 0 spiro atoms. The molecular weight excluding hydrogens is 344 g/mol. The van der Waals surface area contributed by atoms with Crippen molar-refractivity contribution in [2.75, 3.05) is 25.3 Å². The van der Waals surface area contributed by atoms with E-state index in [2.05, 4.69) is 15.3 Å². The Bertz CT molecular complexity index is 809. The number of carbonyl (C=O) groups is 1. The number of H-pyrrole nitrogens is 1. The van der Waals surface area contributed by atoms with Crippen LogP contribution in [0.3, 0.4) is 0 Å². The number of nitrogens with two attached hydrogens (primary N) is 1. The summed E-state index contributed by atoms with van der Waals surface area (Å²) < 4.78 is 10.4. The summed E-state index contributed by atoms with van der Waals surface area (Å²) in [5.74, 6) is 0.986. The van der Waals surface area contributed by atoms with Gasteiger partial charge in [-0.15, -0.1) is 0 Å². The van der Waals surface area contributed by atoms with Gasteiger partial charge in [0, 0.05) is 12.1 Å². The Morgan fingerprint density at radius 2 is 2.12 bits per heavy atom. The number of ether oxygens (including phenoxy) is 2. The molecule has 8 nitrogen and oxygen atoms in total. The van der Waals surface area contributed by atoms with E-state index in [0.717, 1.165) is 11.8 Å². The minimum Gasteiger partial charge on any atom is -0.497 e. The van der Waals surface area contributed by atoms with Crippen LogP contribution >= 0.6 is 11.8 Å². The maximum absolute atomic E-state index is 12.6. The number of thioether (sulfide) groups is 1. The van der Waals surface area contributed by atoms with Gasteiger partial charge < -0.3 is 25.5 Å². The van der Waals surface area contributed by atoms with E-state index in [4.69, 9.17) is 15.2 Å². The number of anilines is 2. The minimum absolute atomic E-state index is 0.110. The Hall–Kier alpha value is -2.68. The first-order chi connectivity index (χ1) is 12.0. The van der Waals surface area contributed by atoms with Crippen LogP contribution in [0.4, 0.5) is 11.5 Å². The van der Waals surface area contributed by atoms with Crippen LogP contribution in [-0.2, 0) is 4.79 Å². The lowest BCUT2D eigenvalue weighted by Gasteiger charge is -2.16. The first kappa shape index (κ1) is 18.7. The Morgan fingerprint density at radius 3 is 2.72 bits per heavy atom. The van der Waals surface area contributed by atoms with Gasteiger partial charge in [-0.1, -0.05) is 18.7 Å². The predicted molar refractivity (Wildman–Crippen MR) is 97.4 cm³/mol. The van der Waals surface area contributed by atoms with Crippen molar-refractivity contribution in [3.8, 4) is 11.5 Å². The van der Waals surface area contributed by atoms with Gasteiger partial charge in [0.15, 0.2) is 5.16 Å². The Balaban J connectivity index is 2.16. The molecule has 2 rings (SSSR count). The molecule has 1 aromatic heterocycles. The SMILES string of the molecule is CCC(Sc1nc(N)cc(=O)[nH]1)C(=O)Nc1ccc(OC)cc1OC. The van der Waals surface area contributed by atoms with Gasteiger partial charge in [0.1, 0.15) is 17.3 Å². The van der Waals surface area contributed by atoms with E-state index in [-0.39, 0.29) is 17.3 Å². The molecule has 1 unspecified atom stereocenters. The Kier molecular flexibility index (Phi) is 6.29. The summed E-state index contributed by atoms with van der Waals surface area (Å²) in [6, 6.07) is 6.30. The summed E-state index contributed by atoms with van der Waals surface area (Å²) in [6.07, 6.45) is 0.535. The lowest BCUT2D eigenvalue weighted by Crippen LogP contribution is -2.25. The number of nitrogen functional groups attached to an aromatic ring is 1. The van der Waals surface area contributed by atoms with Crippen molar-refractivity contribution in [1.82, 2.24) is 9.97 Å². The summed E-state index contributed by atoms with van der Waals surface area (Å²) >= 11 is 1.14. The van der Waals surface area contributed by atoms with E-state index in [9.17, 15) is 9.59 Å². The molecule has 1 amide bonds. The number of aromatic nitrogens is 2. The van der Waals surface area contributed by atoms with E-state index < -0.39 is 5.25 Å². The third kappa shape index (κ3) is 4.90. The van der Waals surface area contributed by atoms with Crippen molar-refractivity contribution in [3.63, 3.8) is 0 Å². The van der Waals surface area contributed by atoms with Crippen LogP contribution in [0, 0.1) is 0 Å². The molecule has 4 N–H and O–H groups in total. The van der Waals surface area contributed by atoms with Gasteiger partial charge in [-0.3, -0.25) is 9.59 Å². The first-order valence-electron chi connectivity index (χ1n) is 7.53. The molecule has 0 aliphatic heterocycles. The van der Waals surface area contributed by atoms with Crippen LogP contribution in [0.25, 0.3) is 0 Å². The number of nitrogens with zero attached hydrogens (tertiary/aromatic N) is 1. The van der Waals surface area contributed by atoms with Gasteiger partial charge >= 0.3 is 0 Å². The quantitative estimate of drug-likeness (QED) is 0.507. The molecule has 0 aliphatic rings. The molecule has 0 fully saturated rings. The van der Waals surface area contributed by atoms with Gasteiger partial charge in [0.2, 0.25) is 5.91 Å². The number of rotatable bonds is 7. The number of carbonyl (C=O) groups excluding carboxylic acids is 1. The number of hydrogen-bond acceptors (Lipinski definition) is 7. The zero-order valence-electron chi connectivity index (χ0n) is 14.2. The first-order valence-corrected chi connectivity index (χ1v) is 8.41. The van der Waals surface area contributed by atoms with Crippen LogP contribution in [0.2, 0.25) is 0 Å². The summed E-state index contributed by atoms with van der Waals surface area (Å²) in [4.78, 5) is 30.6. The van der Waals surface area contributed by atoms with E-state index in [1.165, 1.54) is 13.2 Å². The Morgan fingerprint density at radius 1 is 1.36 bits per heavy atom. The third-order valence-electron chi connectivity index (χ3n) is 3.32. The highest BCUT2D eigenvalue weighted by Gasteiger charge is 2.21. The average Bonchev–Trinajstić information content (AvgIpc) is 2.59. The molecular formula is C16H20N4O4S. The monoisotopic (exact) mass is 364 g/mol. The average molecular weight is 364 g/mol. The number of methoxy groups -OCH3 is 2. The number of nitrogens with one attached hydrogen (secondary N) is 2. The Labute approximate surface area is 149 Å². The van der Waals surface area contributed by atoms with Crippen LogP contribution in [-0.4, -0.2) is 35.3 Å². The van der Waals surface area contributed by atoms with E-state index >= 15 is 0 Å². The van der Waals surface area contributed by atoms with Crippen LogP contribution in [0.15, 0.2) is 34.2 Å². The molecule has 0 saturated heterocycles. The van der Waals surface area contributed by atoms with E-state index in [0.29, 0.717) is 28.8 Å². The summed E-state index contributed by atoms with van der Waals surface area (Å²) in [5.41, 5.74) is 5.74. The normalized spacial score (nSPS) is 11.6. The standard InChI is InChI=1S/C16H20N4O4S/c1-4-12(25-16-19-13(17)8-14(21)20-16)15(22)18-10-6-5-9(23-2)7-11(10)24-3/h5-8,12H,4H2,1-3H3,(H,18,22)(H3,17,19,20,21). The molecule has 0 radical (unpaired) electrons. The third-order valence-corrected chi connectivity index (χ3v) is 4.57. The number of benzene rings is 1. The summed E-state index contributed by atoms with van der Waals surface area (Å²) in [6.45, 7) is 1.87. The summed E-state index contributed by atoms with van der Waals surface area (Å²) in [5, 5.41) is 2.66. The molecule has 1 heterocycles. The molecule has 0 aliphatic carbocycles. The van der Waals surface area contributed by atoms with E-state index in [1.807, 2.05) is 6.92 Å². The van der Waals surface area contributed by atoms with Gasteiger partial charge in [-0.25, -0.2) is 4.98 Å². The highest BCUT2D eigenvalue weighted by Crippen LogP contribution is 2.30. The highest BCUT2D eigenvalue weighted by molar-refractivity contribution is 8.00. The fourth-order valence-corrected chi connectivity index (χ4v) is 3.00. The maximum atomic E-state index is 12.6. The zero-order valence-corrected chi connectivity index (χ0v) is 15.0. The van der Waals surface area contributed by atoms with Crippen molar-refractivity contribution in [1.29, 1.82) is 0 Å². The van der Waals surface area contributed by atoms with Gasteiger partial charge in [0.25, 0.3) is 5.56 Å². The second kappa shape index (κ2) is 8.43. The minimum atomic E-state index is -0.461. The fraction of sp³-hybridized carbons (Fsp3) is 0.312. The highest BCUT2D eigenvalue weighted by atomic mass is 32.2. The predicted octanol–water partition coefficient (Wildman–Crippen LogP) is 1.88. The van der Waals surface area contributed by atoms with Gasteiger partial charge in [-0.2, -0.15) is 0 Å². The topological polar surface area (TPSA) is 119 Å². The molecule has 9 heteroatoms. The number of hydrogen-bond donors (Lipinski definition) is 3. The zero-order chi connectivity index (χ0) is 18.4. The summed E-state index contributed by atoms with van der Waals surface area (Å²) in [7, 11) is 3.06. The molecule has 0 saturated carbocycles. The number of amides is 1. The van der Waals surface area contributed by atoms with E-state index in [1.54, 1.807) is 25.3 Å². The van der Waals surface area contributed by atoms with Crippen molar-refractivity contribution in [3.05, 3.63) is 34.6 Å². The molecule has 25 heavy (non-hydrogen) atoms. The molecule has 1 aromatic carbocycles. The van der Waals surface area contributed by atoms with Crippen molar-refractivity contribution >= 4 is 29.2 Å². The second-order valence-corrected chi connectivity index (χ2v) is 6.24. The molecule has 0 bridgehead atoms.